The molecule has 0 unspecified atom stereocenters. The SMILES string of the molecule is Cc1ccc(CC(=O)N/N=C\c2cc(Cl)ccc2OCc2ccccc2Cl)c(C)c1. The first-order valence-electron chi connectivity index (χ1n) is 9.46. The molecule has 0 fully saturated rings. The van der Waals surface area contributed by atoms with Gasteiger partial charge in [-0.3, -0.25) is 4.79 Å². The molecular weight excluding hydrogens is 419 g/mol. The zero-order valence-electron chi connectivity index (χ0n) is 16.8. The second-order valence-corrected chi connectivity index (χ2v) is 7.81. The fourth-order valence-electron chi connectivity index (χ4n) is 2.95. The van der Waals surface area contributed by atoms with Crippen molar-refractivity contribution in [3.63, 3.8) is 0 Å². The first-order valence-corrected chi connectivity index (χ1v) is 10.2. The Morgan fingerprint density at radius 2 is 1.83 bits per heavy atom. The van der Waals surface area contributed by atoms with Crippen molar-refractivity contribution in [2.45, 2.75) is 26.9 Å². The van der Waals surface area contributed by atoms with Crippen LogP contribution in [0.15, 0.2) is 65.8 Å². The molecular formula is C24H22Cl2N2O2. The minimum Gasteiger partial charge on any atom is -0.488 e. The quantitative estimate of drug-likeness (QED) is 0.368. The van der Waals surface area contributed by atoms with Gasteiger partial charge in [-0.15, -0.1) is 0 Å². The third-order valence-electron chi connectivity index (χ3n) is 4.55. The lowest BCUT2D eigenvalue weighted by molar-refractivity contribution is -0.120. The second kappa shape index (κ2) is 10.3. The molecule has 1 amide bonds. The summed E-state index contributed by atoms with van der Waals surface area (Å²) in [6.07, 6.45) is 1.78. The lowest BCUT2D eigenvalue weighted by Crippen LogP contribution is -2.20. The van der Waals surface area contributed by atoms with Crippen LogP contribution >= 0.6 is 23.2 Å². The highest BCUT2D eigenvalue weighted by Gasteiger charge is 2.07. The van der Waals surface area contributed by atoms with Crippen LogP contribution < -0.4 is 10.2 Å². The molecule has 0 saturated carbocycles. The van der Waals surface area contributed by atoms with Gasteiger partial charge in [0.05, 0.1) is 12.6 Å². The fourth-order valence-corrected chi connectivity index (χ4v) is 3.32. The van der Waals surface area contributed by atoms with Crippen LogP contribution in [0.5, 0.6) is 5.75 Å². The van der Waals surface area contributed by atoms with Crippen molar-refractivity contribution in [2.24, 2.45) is 5.10 Å². The molecule has 0 atom stereocenters. The highest BCUT2D eigenvalue weighted by molar-refractivity contribution is 6.31. The van der Waals surface area contributed by atoms with Gasteiger partial charge in [0.15, 0.2) is 0 Å². The number of rotatable bonds is 7. The molecule has 3 aromatic rings. The summed E-state index contributed by atoms with van der Waals surface area (Å²) in [5, 5.41) is 5.25. The summed E-state index contributed by atoms with van der Waals surface area (Å²) in [7, 11) is 0. The van der Waals surface area contributed by atoms with Crippen molar-refractivity contribution in [1.82, 2.24) is 5.43 Å². The average molecular weight is 441 g/mol. The monoisotopic (exact) mass is 440 g/mol. The molecule has 0 bridgehead atoms. The maximum Gasteiger partial charge on any atom is 0.244 e. The number of hydrogen-bond acceptors (Lipinski definition) is 3. The largest absolute Gasteiger partial charge is 0.488 e. The van der Waals surface area contributed by atoms with Gasteiger partial charge < -0.3 is 4.74 Å². The zero-order chi connectivity index (χ0) is 21.5. The number of halogens is 2. The molecule has 1 N–H and O–H groups in total. The van der Waals surface area contributed by atoms with Crippen molar-refractivity contribution in [3.05, 3.63) is 98.5 Å². The van der Waals surface area contributed by atoms with Crippen molar-refractivity contribution in [2.75, 3.05) is 0 Å². The summed E-state index contributed by atoms with van der Waals surface area (Å²) in [4.78, 5) is 12.2. The predicted octanol–water partition coefficient (Wildman–Crippen LogP) is 5.88. The molecule has 6 heteroatoms. The van der Waals surface area contributed by atoms with Gasteiger partial charge >= 0.3 is 0 Å². The number of carbonyl (C=O) groups is 1. The van der Waals surface area contributed by atoms with Crippen LogP contribution in [0.1, 0.15) is 27.8 Å². The van der Waals surface area contributed by atoms with E-state index in [0.717, 1.165) is 16.7 Å². The summed E-state index contributed by atoms with van der Waals surface area (Å²) in [6, 6.07) is 18.7. The van der Waals surface area contributed by atoms with E-state index in [0.29, 0.717) is 28.0 Å². The first-order chi connectivity index (χ1) is 14.4. The van der Waals surface area contributed by atoms with E-state index in [1.165, 1.54) is 11.8 Å². The zero-order valence-corrected chi connectivity index (χ0v) is 18.3. The van der Waals surface area contributed by atoms with Gasteiger partial charge in [0.1, 0.15) is 12.4 Å². The van der Waals surface area contributed by atoms with Gasteiger partial charge in [0.25, 0.3) is 0 Å². The van der Waals surface area contributed by atoms with Crippen LogP contribution in [-0.4, -0.2) is 12.1 Å². The van der Waals surface area contributed by atoms with Gasteiger partial charge in [0, 0.05) is 21.2 Å². The van der Waals surface area contributed by atoms with E-state index in [-0.39, 0.29) is 12.3 Å². The Balaban J connectivity index is 1.65. The van der Waals surface area contributed by atoms with Crippen LogP contribution in [0.3, 0.4) is 0 Å². The lowest BCUT2D eigenvalue weighted by atomic mass is 10.0. The van der Waals surface area contributed by atoms with Crippen LogP contribution in [0.2, 0.25) is 10.0 Å². The van der Waals surface area contributed by atoms with Gasteiger partial charge in [0.2, 0.25) is 5.91 Å². The number of benzene rings is 3. The number of nitrogens with one attached hydrogen (secondary N) is 1. The Morgan fingerprint density at radius 1 is 1.03 bits per heavy atom. The van der Waals surface area contributed by atoms with Crippen molar-refractivity contribution in [1.29, 1.82) is 0 Å². The maximum atomic E-state index is 12.2. The Kier molecular flexibility index (Phi) is 7.50. The molecule has 30 heavy (non-hydrogen) atoms. The molecule has 0 heterocycles. The Morgan fingerprint density at radius 3 is 2.60 bits per heavy atom. The topological polar surface area (TPSA) is 50.7 Å². The molecule has 0 aromatic heterocycles. The summed E-state index contributed by atoms with van der Waals surface area (Å²) >= 11 is 12.3. The lowest BCUT2D eigenvalue weighted by Gasteiger charge is -2.10. The average Bonchev–Trinajstić information content (AvgIpc) is 2.70. The third-order valence-corrected chi connectivity index (χ3v) is 5.16. The number of aryl methyl sites for hydroxylation is 2. The van der Waals surface area contributed by atoms with E-state index >= 15 is 0 Å². The van der Waals surface area contributed by atoms with Gasteiger partial charge in [-0.2, -0.15) is 5.10 Å². The predicted molar refractivity (Wildman–Crippen MR) is 123 cm³/mol. The molecule has 4 nitrogen and oxygen atoms in total. The van der Waals surface area contributed by atoms with E-state index < -0.39 is 0 Å². The number of hydrazone groups is 1. The summed E-state index contributed by atoms with van der Waals surface area (Å²) in [5.41, 5.74) is 7.31. The standard InChI is InChI=1S/C24H22Cl2N2O2/c1-16-7-8-18(17(2)11-16)13-24(29)28-27-14-20-12-21(25)9-10-23(20)30-15-19-5-3-4-6-22(19)26/h3-12,14H,13,15H2,1-2H3,(H,28,29)/b27-14-. The van der Waals surface area contributed by atoms with E-state index in [4.69, 9.17) is 27.9 Å². The van der Waals surface area contributed by atoms with Crippen LogP contribution in [0, 0.1) is 13.8 Å². The second-order valence-electron chi connectivity index (χ2n) is 6.96. The minimum absolute atomic E-state index is 0.196. The maximum absolute atomic E-state index is 12.2. The summed E-state index contributed by atoms with van der Waals surface area (Å²) in [6.45, 7) is 4.33. The minimum atomic E-state index is -0.196. The number of nitrogens with zero attached hydrogens (tertiary/aromatic N) is 1. The highest BCUT2D eigenvalue weighted by atomic mass is 35.5. The third kappa shape index (κ3) is 6.09. The van der Waals surface area contributed by atoms with Crippen LogP contribution in [-0.2, 0) is 17.8 Å². The first kappa shape index (κ1) is 21.9. The van der Waals surface area contributed by atoms with Crippen molar-refractivity contribution in [3.8, 4) is 5.75 Å². The van der Waals surface area contributed by atoms with E-state index in [1.807, 2.05) is 50.2 Å². The molecule has 0 saturated heterocycles. The molecule has 0 radical (unpaired) electrons. The number of ether oxygens (including phenoxy) is 1. The molecule has 3 rings (SSSR count). The normalized spacial score (nSPS) is 10.9. The molecule has 0 aliphatic rings. The number of carbonyl (C=O) groups excluding carboxylic acids is 1. The fraction of sp³-hybridized carbons (Fsp3) is 0.167. The molecule has 0 aliphatic heterocycles. The van der Waals surface area contributed by atoms with Gasteiger partial charge in [-0.05, 0) is 49.2 Å². The van der Waals surface area contributed by atoms with Gasteiger partial charge in [-0.25, -0.2) is 5.43 Å². The number of amides is 1. The molecule has 154 valence electrons. The van der Waals surface area contributed by atoms with Crippen LogP contribution in [0.25, 0.3) is 0 Å². The Bertz CT molecular complexity index is 1080. The van der Waals surface area contributed by atoms with E-state index in [9.17, 15) is 4.79 Å². The Hall–Kier alpha value is -2.82. The van der Waals surface area contributed by atoms with Crippen LogP contribution in [0.4, 0.5) is 0 Å². The molecule has 0 aliphatic carbocycles. The molecule has 3 aromatic carbocycles. The summed E-state index contributed by atoms with van der Waals surface area (Å²) in [5.74, 6) is 0.394. The van der Waals surface area contributed by atoms with E-state index in [1.54, 1.807) is 18.2 Å². The Labute approximate surface area is 186 Å². The smallest absolute Gasteiger partial charge is 0.244 e. The van der Waals surface area contributed by atoms with Crippen molar-refractivity contribution < 1.29 is 9.53 Å². The molecule has 0 spiro atoms. The summed E-state index contributed by atoms with van der Waals surface area (Å²) < 4.78 is 5.89. The van der Waals surface area contributed by atoms with Crippen molar-refractivity contribution >= 4 is 35.3 Å². The number of hydrogen-bond donors (Lipinski definition) is 1. The highest BCUT2D eigenvalue weighted by Crippen LogP contribution is 2.24. The van der Waals surface area contributed by atoms with Gasteiger partial charge in [-0.1, -0.05) is 65.2 Å². The van der Waals surface area contributed by atoms with E-state index in [2.05, 4.69) is 16.6 Å².